The standard InChI is InChI=1S/C14H13N3O3/c1-20-11(18)5-3-8-17-14(19)13-12-10(6-9-16-13)4-2-7-15-12/h2-7,9H,8H2,1H3,(H,17,19)/b5-3+. The summed E-state index contributed by atoms with van der Waals surface area (Å²) >= 11 is 0. The van der Waals surface area contributed by atoms with Crippen molar-refractivity contribution in [3.63, 3.8) is 0 Å². The number of nitrogens with one attached hydrogen (secondary N) is 1. The van der Waals surface area contributed by atoms with Crippen LogP contribution in [-0.2, 0) is 9.53 Å². The van der Waals surface area contributed by atoms with Gasteiger partial charge >= 0.3 is 5.97 Å². The van der Waals surface area contributed by atoms with Gasteiger partial charge in [-0.25, -0.2) is 9.78 Å². The second-order valence-corrected chi connectivity index (χ2v) is 3.87. The first-order valence-corrected chi connectivity index (χ1v) is 5.95. The Balaban J connectivity index is 2.08. The lowest BCUT2D eigenvalue weighted by atomic mass is 10.2. The lowest BCUT2D eigenvalue weighted by molar-refractivity contribution is -0.134. The molecule has 0 aliphatic rings. The molecular formula is C14H13N3O3. The van der Waals surface area contributed by atoms with Crippen LogP contribution in [0.3, 0.4) is 0 Å². The second-order valence-electron chi connectivity index (χ2n) is 3.87. The molecular weight excluding hydrogens is 258 g/mol. The number of ether oxygens (including phenoxy) is 1. The number of hydrogen-bond donors (Lipinski definition) is 1. The number of fused-ring (bicyclic) bond motifs is 1. The molecule has 0 aliphatic carbocycles. The van der Waals surface area contributed by atoms with Gasteiger partial charge in [0.05, 0.1) is 7.11 Å². The highest BCUT2D eigenvalue weighted by Gasteiger charge is 2.11. The van der Waals surface area contributed by atoms with Crippen LogP contribution in [0.2, 0.25) is 0 Å². The molecule has 0 atom stereocenters. The Bertz CT molecular complexity index is 662. The van der Waals surface area contributed by atoms with Gasteiger partial charge in [0, 0.05) is 30.4 Å². The molecule has 2 rings (SSSR count). The van der Waals surface area contributed by atoms with E-state index in [-0.39, 0.29) is 18.1 Å². The van der Waals surface area contributed by atoms with Crippen molar-refractivity contribution in [3.8, 4) is 0 Å². The molecule has 2 aromatic heterocycles. The molecule has 0 saturated carbocycles. The molecule has 2 heterocycles. The third-order valence-electron chi connectivity index (χ3n) is 2.57. The minimum atomic E-state index is -0.468. The highest BCUT2D eigenvalue weighted by molar-refractivity contribution is 6.03. The molecule has 0 fully saturated rings. The zero-order valence-electron chi connectivity index (χ0n) is 10.9. The van der Waals surface area contributed by atoms with E-state index in [1.807, 2.05) is 6.07 Å². The summed E-state index contributed by atoms with van der Waals surface area (Å²) in [4.78, 5) is 31.1. The third-order valence-corrected chi connectivity index (χ3v) is 2.57. The maximum absolute atomic E-state index is 12.0. The number of methoxy groups -OCH3 is 1. The normalized spacial score (nSPS) is 10.7. The Morgan fingerprint density at radius 2 is 2.15 bits per heavy atom. The second kappa shape index (κ2) is 6.42. The zero-order chi connectivity index (χ0) is 14.4. The van der Waals surface area contributed by atoms with E-state index in [1.165, 1.54) is 19.3 Å². The molecule has 20 heavy (non-hydrogen) atoms. The first-order chi connectivity index (χ1) is 9.72. The summed E-state index contributed by atoms with van der Waals surface area (Å²) in [6.45, 7) is 0.207. The summed E-state index contributed by atoms with van der Waals surface area (Å²) in [5, 5.41) is 3.48. The highest BCUT2D eigenvalue weighted by Crippen LogP contribution is 2.12. The number of nitrogens with zero attached hydrogens (tertiary/aromatic N) is 2. The fourth-order valence-electron chi connectivity index (χ4n) is 1.63. The third kappa shape index (κ3) is 3.17. The van der Waals surface area contributed by atoms with Crippen LogP contribution in [0.1, 0.15) is 10.5 Å². The highest BCUT2D eigenvalue weighted by atomic mass is 16.5. The van der Waals surface area contributed by atoms with Crippen molar-refractivity contribution in [2.24, 2.45) is 0 Å². The number of hydrogen-bond acceptors (Lipinski definition) is 5. The SMILES string of the molecule is COC(=O)/C=C/CNC(=O)c1nccc2cccnc12. The molecule has 0 aliphatic heterocycles. The summed E-state index contributed by atoms with van der Waals surface area (Å²) in [6.07, 6.45) is 5.92. The Morgan fingerprint density at radius 1 is 1.30 bits per heavy atom. The smallest absolute Gasteiger partial charge is 0.330 e. The van der Waals surface area contributed by atoms with Crippen molar-refractivity contribution in [3.05, 3.63) is 48.4 Å². The van der Waals surface area contributed by atoms with Gasteiger partial charge in [-0.3, -0.25) is 9.78 Å². The topological polar surface area (TPSA) is 81.2 Å². The van der Waals surface area contributed by atoms with E-state index in [4.69, 9.17) is 0 Å². The molecule has 0 bridgehead atoms. The Labute approximate surface area is 115 Å². The number of carbonyl (C=O) groups excluding carboxylic acids is 2. The minimum absolute atomic E-state index is 0.207. The van der Waals surface area contributed by atoms with Crippen molar-refractivity contribution in [2.45, 2.75) is 0 Å². The number of amides is 1. The number of esters is 1. The summed E-state index contributed by atoms with van der Waals surface area (Å²) in [6, 6.07) is 5.44. The van der Waals surface area contributed by atoms with Crippen molar-refractivity contribution in [2.75, 3.05) is 13.7 Å². The van der Waals surface area contributed by atoms with Gasteiger partial charge in [-0.2, -0.15) is 0 Å². The first kappa shape index (κ1) is 13.7. The molecule has 6 nitrogen and oxygen atoms in total. The Morgan fingerprint density at radius 3 is 2.95 bits per heavy atom. The maximum atomic E-state index is 12.0. The van der Waals surface area contributed by atoms with E-state index in [0.717, 1.165) is 5.39 Å². The molecule has 1 amide bonds. The van der Waals surface area contributed by atoms with Gasteiger partial charge in [0.1, 0.15) is 5.52 Å². The molecule has 0 aromatic carbocycles. The van der Waals surface area contributed by atoms with Crippen LogP contribution >= 0.6 is 0 Å². The molecule has 0 unspecified atom stereocenters. The fraction of sp³-hybridized carbons (Fsp3) is 0.143. The van der Waals surface area contributed by atoms with E-state index >= 15 is 0 Å². The minimum Gasteiger partial charge on any atom is -0.466 e. The van der Waals surface area contributed by atoms with Crippen molar-refractivity contribution in [1.82, 2.24) is 15.3 Å². The van der Waals surface area contributed by atoms with Crippen molar-refractivity contribution in [1.29, 1.82) is 0 Å². The molecule has 102 valence electrons. The largest absolute Gasteiger partial charge is 0.466 e. The van der Waals surface area contributed by atoms with E-state index < -0.39 is 5.97 Å². The molecule has 6 heteroatoms. The van der Waals surface area contributed by atoms with E-state index in [1.54, 1.807) is 24.5 Å². The van der Waals surface area contributed by atoms with Crippen LogP contribution in [0.25, 0.3) is 10.9 Å². The lowest BCUT2D eigenvalue weighted by Gasteiger charge is -2.04. The lowest BCUT2D eigenvalue weighted by Crippen LogP contribution is -2.25. The number of rotatable bonds is 4. The fourth-order valence-corrected chi connectivity index (χ4v) is 1.63. The summed E-state index contributed by atoms with van der Waals surface area (Å²) < 4.78 is 4.44. The molecule has 0 radical (unpaired) electrons. The van der Waals surface area contributed by atoms with Crippen LogP contribution in [0.5, 0.6) is 0 Å². The van der Waals surface area contributed by atoms with Gasteiger partial charge < -0.3 is 10.1 Å². The van der Waals surface area contributed by atoms with Crippen LogP contribution < -0.4 is 5.32 Å². The summed E-state index contributed by atoms with van der Waals surface area (Å²) in [7, 11) is 1.29. The van der Waals surface area contributed by atoms with Gasteiger partial charge in [0.15, 0.2) is 5.69 Å². The van der Waals surface area contributed by atoms with Gasteiger partial charge in [-0.15, -0.1) is 0 Å². The number of pyridine rings is 2. The van der Waals surface area contributed by atoms with Crippen molar-refractivity contribution >= 4 is 22.8 Å². The summed E-state index contributed by atoms with van der Waals surface area (Å²) in [5.74, 6) is -0.812. The Kier molecular flexibility index (Phi) is 4.39. The monoisotopic (exact) mass is 271 g/mol. The maximum Gasteiger partial charge on any atom is 0.330 e. The van der Waals surface area contributed by atoms with Crippen LogP contribution in [0, 0.1) is 0 Å². The number of aromatic nitrogens is 2. The molecule has 0 spiro atoms. The van der Waals surface area contributed by atoms with E-state index in [9.17, 15) is 9.59 Å². The predicted octanol–water partition coefficient (Wildman–Crippen LogP) is 1.09. The zero-order valence-corrected chi connectivity index (χ0v) is 10.9. The van der Waals surface area contributed by atoms with Crippen LogP contribution in [0.4, 0.5) is 0 Å². The average Bonchev–Trinajstić information content (AvgIpc) is 2.50. The van der Waals surface area contributed by atoms with Gasteiger partial charge in [-0.1, -0.05) is 12.1 Å². The molecule has 0 saturated heterocycles. The average molecular weight is 271 g/mol. The first-order valence-electron chi connectivity index (χ1n) is 5.95. The summed E-state index contributed by atoms with van der Waals surface area (Å²) in [5.41, 5.74) is 0.805. The van der Waals surface area contributed by atoms with Gasteiger partial charge in [-0.05, 0) is 12.1 Å². The van der Waals surface area contributed by atoms with Crippen LogP contribution in [0.15, 0.2) is 42.7 Å². The molecule has 2 aromatic rings. The quantitative estimate of drug-likeness (QED) is 0.665. The van der Waals surface area contributed by atoms with E-state index in [2.05, 4.69) is 20.0 Å². The predicted molar refractivity (Wildman–Crippen MR) is 73.0 cm³/mol. The molecule has 1 N–H and O–H groups in total. The Hall–Kier alpha value is -2.76. The van der Waals surface area contributed by atoms with Crippen molar-refractivity contribution < 1.29 is 14.3 Å². The number of carbonyl (C=O) groups is 2. The van der Waals surface area contributed by atoms with Gasteiger partial charge in [0.25, 0.3) is 5.91 Å². The van der Waals surface area contributed by atoms with E-state index in [0.29, 0.717) is 5.52 Å². The van der Waals surface area contributed by atoms with Gasteiger partial charge in [0.2, 0.25) is 0 Å². The van der Waals surface area contributed by atoms with Crippen LogP contribution in [-0.4, -0.2) is 35.5 Å².